The quantitative estimate of drug-likeness (QED) is 0.747. The zero-order chi connectivity index (χ0) is 14.9. The van der Waals surface area contributed by atoms with E-state index in [0.717, 1.165) is 15.5 Å². The minimum absolute atomic E-state index is 0.0953. The third-order valence-electron chi connectivity index (χ3n) is 3.16. The van der Waals surface area contributed by atoms with Crippen molar-refractivity contribution < 1.29 is 8.42 Å². The minimum atomic E-state index is -3.02. The number of halogens is 2. The van der Waals surface area contributed by atoms with Crippen molar-refractivity contribution in [3.8, 4) is 0 Å². The molecule has 0 saturated carbocycles. The third kappa shape index (κ3) is 3.35. The number of hydrogen-bond acceptors (Lipinski definition) is 3. The number of alkyl halides is 1. The fraction of sp³-hybridized carbons (Fsp3) is 0.462. The summed E-state index contributed by atoms with van der Waals surface area (Å²) in [6.07, 6.45) is 0. The van der Waals surface area contributed by atoms with Crippen LogP contribution in [0.4, 0.5) is 0 Å². The van der Waals surface area contributed by atoms with E-state index in [-0.39, 0.29) is 16.9 Å². The Morgan fingerprint density at radius 1 is 1.45 bits per heavy atom. The Morgan fingerprint density at radius 2 is 2.15 bits per heavy atom. The normalized spacial score (nSPS) is 13.8. The summed E-state index contributed by atoms with van der Waals surface area (Å²) in [7, 11) is -3.02. The van der Waals surface area contributed by atoms with Gasteiger partial charge in [0.1, 0.15) is 5.82 Å². The van der Waals surface area contributed by atoms with E-state index in [2.05, 4.69) is 20.9 Å². The molecule has 1 atom stereocenters. The van der Waals surface area contributed by atoms with Crippen molar-refractivity contribution >= 4 is 48.4 Å². The summed E-state index contributed by atoms with van der Waals surface area (Å²) in [5.41, 5.74) is 1.72. The Hall–Kier alpha value is -0.590. The van der Waals surface area contributed by atoms with Crippen LogP contribution in [0, 0.1) is 0 Å². The second-order valence-corrected chi connectivity index (χ2v) is 8.65. The molecule has 1 aromatic heterocycles. The molecule has 1 unspecified atom stereocenters. The van der Waals surface area contributed by atoms with Crippen molar-refractivity contribution in [2.45, 2.75) is 25.8 Å². The lowest BCUT2D eigenvalue weighted by Crippen LogP contribution is -2.16. The average Bonchev–Trinajstić information content (AvgIpc) is 2.74. The summed E-state index contributed by atoms with van der Waals surface area (Å²) in [6, 6.07) is 5.74. The van der Waals surface area contributed by atoms with Gasteiger partial charge in [-0.1, -0.05) is 22.9 Å². The minimum Gasteiger partial charge on any atom is -0.326 e. The van der Waals surface area contributed by atoms with Gasteiger partial charge in [0.15, 0.2) is 9.84 Å². The highest BCUT2D eigenvalue weighted by Crippen LogP contribution is 2.26. The van der Waals surface area contributed by atoms with E-state index in [0.29, 0.717) is 12.4 Å². The van der Waals surface area contributed by atoms with E-state index >= 15 is 0 Å². The molecule has 0 aliphatic rings. The molecule has 20 heavy (non-hydrogen) atoms. The summed E-state index contributed by atoms with van der Waals surface area (Å²) >= 11 is 9.58. The number of sulfone groups is 1. The van der Waals surface area contributed by atoms with Gasteiger partial charge < -0.3 is 4.57 Å². The first-order chi connectivity index (χ1) is 9.34. The average molecular weight is 380 g/mol. The van der Waals surface area contributed by atoms with Crippen LogP contribution in [0.5, 0.6) is 0 Å². The molecule has 110 valence electrons. The first kappa shape index (κ1) is 15.8. The Kier molecular flexibility index (Phi) is 4.76. The molecule has 0 saturated heterocycles. The van der Waals surface area contributed by atoms with Gasteiger partial charge in [-0.2, -0.15) is 0 Å². The summed E-state index contributed by atoms with van der Waals surface area (Å²) in [5.74, 6) is 0.943. The lowest BCUT2D eigenvalue weighted by molar-refractivity contribution is 0.589. The molecule has 7 heteroatoms. The molecule has 2 aromatic rings. The maximum absolute atomic E-state index is 11.7. The highest BCUT2D eigenvalue weighted by atomic mass is 79.9. The largest absolute Gasteiger partial charge is 0.326 e. The van der Waals surface area contributed by atoms with Crippen molar-refractivity contribution in [2.75, 3.05) is 11.5 Å². The molecule has 0 fully saturated rings. The van der Waals surface area contributed by atoms with Crippen LogP contribution in [-0.2, 0) is 16.4 Å². The fourth-order valence-electron chi connectivity index (χ4n) is 2.03. The van der Waals surface area contributed by atoms with Crippen molar-refractivity contribution in [3.63, 3.8) is 0 Å². The molecule has 2 rings (SSSR count). The van der Waals surface area contributed by atoms with Crippen LogP contribution >= 0.6 is 27.5 Å². The second kappa shape index (κ2) is 6.03. The Labute approximate surface area is 132 Å². The van der Waals surface area contributed by atoms with E-state index in [1.807, 2.05) is 29.7 Å². The molecule has 0 radical (unpaired) electrons. The standard InChI is InChI=1S/C13H16BrClN2O2S/c1-3-20(18,19)7-6-17-12-8-10(14)4-5-11(12)16-13(17)9(2)15/h4-5,8-9H,3,6-7H2,1-2H3. The fourth-order valence-corrected chi connectivity index (χ4v) is 3.29. The Morgan fingerprint density at radius 3 is 2.75 bits per heavy atom. The molecule has 0 amide bonds. The van der Waals surface area contributed by atoms with Gasteiger partial charge in [0.05, 0.1) is 22.2 Å². The number of rotatable bonds is 5. The molecule has 0 spiro atoms. The summed E-state index contributed by atoms with van der Waals surface area (Å²) in [5, 5.41) is -0.273. The number of aryl methyl sites for hydroxylation is 1. The Bertz CT molecular complexity index is 725. The number of aromatic nitrogens is 2. The molecular weight excluding hydrogens is 364 g/mol. The van der Waals surface area contributed by atoms with Crippen LogP contribution in [0.1, 0.15) is 25.0 Å². The molecular formula is C13H16BrClN2O2S. The van der Waals surface area contributed by atoms with Gasteiger partial charge in [0.2, 0.25) is 0 Å². The summed E-state index contributed by atoms with van der Waals surface area (Å²) < 4.78 is 26.2. The SMILES string of the molecule is CCS(=O)(=O)CCn1c(C(C)Cl)nc2ccc(Br)cc21. The number of imidazole rings is 1. The van der Waals surface area contributed by atoms with E-state index in [4.69, 9.17) is 11.6 Å². The van der Waals surface area contributed by atoms with Crippen molar-refractivity contribution in [2.24, 2.45) is 0 Å². The zero-order valence-electron chi connectivity index (χ0n) is 11.3. The maximum Gasteiger partial charge on any atom is 0.151 e. The smallest absolute Gasteiger partial charge is 0.151 e. The number of nitrogens with zero attached hydrogens (tertiary/aromatic N) is 2. The van der Waals surface area contributed by atoms with Gasteiger partial charge >= 0.3 is 0 Å². The van der Waals surface area contributed by atoms with E-state index in [9.17, 15) is 8.42 Å². The summed E-state index contributed by atoms with van der Waals surface area (Å²) in [4.78, 5) is 4.50. The molecule has 1 aromatic carbocycles. The zero-order valence-corrected chi connectivity index (χ0v) is 14.5. The molecule has 0 N–H and O–H groups in total. The predicted octanol–water partition coefficient (Wildman–Crippen LogP) is 3.53. The maximum atomic E-state index is 11.7. The van der Waals surface area contributed by atoms with Gasteiger partial charge in [0, 0.05) is 16.8 Å². The topological polar surface area (TPSA) is 52.0 Å². The predicted molar refractivity (Wildman–Crippen MR) is 86.0 cm³/mol. The van der Waals surface area contributed by atoms with Crippen molar-refractivity contribution in [1.29, 1.82) is 0 Å². The van der Waals surface area contributed by atoms with E-state index in [1.165, 1.54) is 0 Å². The van der Waals surface area contributed by atoms with Gasteiger partial charge in [0.25, 0.3) is 0 Å². The van der Waals surface area contributed by atoms with Crippen LogP contribution in [0.2, 0.25) is 0 Å². The van der Waals surface area contributed by atoms with Gasteiger partial charge in [-0.05, 0) is 25.1 Å². The molecule has 0 aliphatic carbocycles. The van der Waals surface area contributed by atoms with Crippen molar-refractivity contribution in [3.05, 3.63) is 28.5 Å². The van der Waals surface area contributed by atoms with E-state index < -0.39 is 9.84 Å². The number of hydrogen-bond donors (Lipinski definition) is 0. The highest BCUT2D eigenvalue weighted by Gasteiger charge is 2.17. The van der Waals surface area contributed by atoms with Crippen LogP contribution in [0.3, 0.4) is 0 Å². The molecule has 1 heterocycles. The number of fused-ring (bicyclic) bond motifs is 1. The third-order valence-corrected chi connectivity index (χ3v) is 5.53. The van der Waals surface area contributed by atoms with Crippen molar-refractivity contribution in [1.82, 2.24) is 9.55 Å². The first-order valence-electron chi connectivity index (χ1n) is 6.34. The van der Waals surface area contributed by atoms with E-state index in [1.54, 1.807) is 6.92 Å². The molecule has 0 bridgehead atoms. The van der Waals surface area contributed by atoms with Gasteiger partial charge in [-0.15, -0.1) is 11.6 Å². The van der Waals surface area contributed by atoms with Crippen LogP contribution in [0.15, 0.2) is 22.7 Å². The monoisotopic (exact) mass is 378 g/mol. The molecule has 0 aliphatic heterocycles. The van der Waals surface area contributed by atoms with Gasteiger partial charge in [-0.3, -0.25) is 0 Å². The summed E-state index contributed by atoms with van der Waals surface area (Å²) in [6.45, 7) is 3.86. The van der Waals surface area contributed by atoms with Gasteiger partial charge in [-0.25, -0.2) is 13.4 Å². The highest BCUT2D eigenvalue weighted by molar-refractivity contribution is 9.10. The number of benzene rings is 1. The lowest BCUT2D eigenvalue weighted by Gasteiger charge is -2.10. The second-order valence-electron chi connectivity index (χ2n) is 4.61. The lowest BCUT2D eigenvalue weighted by atomic mass is 10.3. The van der Waals surface area contributed by atoms with Crippen LogP contribution < -0.4 is 0 Å². The Balaban J connectivity index is 2.48. The molecule has 4 nitrogen and oxygen atoms in total. The van der Waals surface area contributed by atoms with Crippen LogP contribution in [0.25, 0.3) is 11.0 Å². The first-order valence-corrected chi connectivity index (χ1v) is 9.39. The van der Waals surface area contributed by atoms with Crippen LogP contribution in [-0.4, -0.2) is 29.5 Å².